The van der Waals surface area contributed by atoms with Crippen molar-refractivity contribution < 1.29 is 32.6 Å². The number of methoxy groups -OCH3 is 1. The van der Waals surface area contributed by atoms with E-state index in [9.17, 15) is 18.4 Å². The molecule has 0 bridgehead atoms. The van der Waals surface area contributed by atoms with E-state index >= 15 is 0 Å². The fourth-order valence-corrected chi connectivity index (χ4v) is 3.46. The first-order chi connectivity index (χ1) is 17.2. The molecule has 36 heavy (non-hydrogen) atoms. The molecule has 3 rings (SSSR count). The highest BCUT2D eigenvalue weighted by molar-refractivity contribution is 6.04. The summed E-state index contributed by atoms with van der Waals surface area (Å²) in [6.45, 7) is 0.521. The van der Waals surface area contributed by atoms with Crippen LogP contribution in [0.2, 0.25) is 0 Å². The Morgan fingerprint density at radius 1 is 0.917 bits per heavy atom. The molecule has 3 aromatic carbocycles. The van der Waals surface area contributed by atoms with Gasteiger partial charge in [-0.05, 0) is 55.8 Å². The lowest BCUT2D eigenvalue weighted by atomic mass is 10.0. The summed E-state index contributed by atoms with van der Waals surface area (Å²) in [6.07, 6.45) is 0.344. The van der Waals surface area contributed by atoms with Gasteiger partial charge in [-0.1, -0.05) is 30.3 Å². The Balaban J connectivity index is 1.75. The van der Waals surface area contributed by atoms with Crippen LogP contribution in [0.4, 0.5) is 14.5 Å². The van der Waals surface area contributed by atoms with Crippen molar-refractivity contribution in [3.05, 3.63) is 83.4 Å². The monoisotopic (exact) mass is 498 g/mol. The summed E-state index contributed by atoms with van der Waals surface area (Å²) >= 11 is 0. The van der Waals surface area contributed by atoms with Gasteiger partial charge in [-0.25, -0.2) is 0 Å². The predicted molar refractivity (Wildman–Crippen MR) is 132 cm³/mol. The zero-order chi connectivity index (χ0) is 26.1. The minimum Gasteiger partial charge on any atom is -0.493 e. The van der Waals surface area contributed by atoms with Crippen LogP contribution in [0.15, 0.2) is 66.7 Å². The molecule has 0 radical (unpaired) electrons. The molecule has 2 N–H and O–H groups in total. The van der Waals surface area contributed by atoms with E-state index in [-0.39, 0.29) is 35.6 Å². The minimum atomic E-state index is -2.97. The highest BCUT2D eigenvalue weighted by atomic mass is 19.3. The number of alkyl halides is 2. The lowest BCUT2D eigenvalue weighted by molar-refractivity contribution is -0.123. The smallest absolute Gasteiger partial charge is 0.387 e. The molecule has 0 saturated carbocycles. The molecule has 0 atom stereocenters. The van der Waals surface area contributed by atoms with Crippen molar-refractivity contribution in [1.29, 1.82) is 0 Å². The molecule has 3 aromatic rings. The Morgan fingerprint density at radius 3 is 2.31 bits per heavy atom. The normalized spacial score (nSPS) is 10.8. The van der Waals surface area contributed by atoms with Gasteiger partial charge in [-0.3, -0.25) is 9.59 Å². The summed E-state index contributed by atoms with van der Waals surface area (Å²) in [5.74, 6) is -0.0846. The van der Waals surface area contributed by atoms with Crippen molar-refractivity contribution in [1.82, 2.24) is 5.32 Å². The van der Waals surface area contributed by atoms with Crippen LogP contribution in [-0.4, -0.2) is 38.2 Å². The number of halogens is 2. The molecule has 0 aliphatic carbocycles. The summed E-state index contributed by atoms with van der Waals surface area (Å²) in [5.41, 5.74) is 2.10. The number of rotatable bonds is 11. The molecule has 7 nitrogen and oxygen atoms in total. The van der Waals surface area contributed by atoms with E-state index in [2.05, 4.69) is 15.4 Å². The number of amides is 2. The highest BCUT2D eigenvalue weighted by Crippen LogP contribution is 2.30. The second-order valence-electron chi connectivity index (χ2n) is 8.19. The van der Waals surface area contributed by atoms with Crippen LogP contribution in [0.5, 0.6) is 17.2 Å². The second-order valence-corrected chi connectivity index (χ2v) is 8.19. The average molecular weight is 499 g/mol. The maximum absolute atomic E-state index is 12.9. The van der Waals surface area contributed by atoms with E-state index in [1.807, 2.05) is 44.2 Å². The average Bonchev–Trinajstić information content (AvgIpc) is 2.84. The second kappa shape index (κ2) is 12.5. The third-order valence-corrected chi connectivity index (χ3v) is 5.01. The van der Waals surface area contributed by atoms with E-state index in [4.69, 9.17) is 9.47 Å². The van der Waals surface area contributed by atoms with Crippen LogP contribution < -0.4 is 24.8 Å². The van der Waals surface area contributed by atoms with Gasteiger partial charge in [-0.15, -0.1) is 0 Å². The predicted octanol–water partition coefficient (Wildman–Crippen LogP) is 5.04. The first-order valence-corrected chi connectivity index (χ1v) is 11.3. The Kier molecular flexibility index (Phi) is 9.21. The lowest BCUT2D eigenvalue weighted by Gasteiger charge is -2.15. The number of hydrogen-bond acceptors (Lipinski definition) is 5. The number of nitrogens with one attached hydrogen (secondary N) is 2. The van der Waals surface area contributed by atoms with Crippen molar-refractivity contribution in [2.75, 3.05) is 19.0 Å². The van der Waals surface area contributed by atoms with Crippen molar-refractivity contribution in [3.8, 4) is 17.2 Å². The Labute approximate surface area is 208 Å². The van der Waals surface area contributed by atoms with Crippen molar-refractivity contribution in [2.24, 2.45) is 0 Å². The van der Waals surface area contributed by atoms with Crippen LogP contribution in [0, 0.1) is 0 Å². The molecule has 2 amide bonds. The molecular formula is C27H28F2N2O5. The maximum atomic E-state index is 12.9. The van der Waals surface area contributed by atoms with Gasteiger partial charge in [0.2, 0.25) is 0 Å². The van der Waals surface area contributed by atoms with Gasteiger partial charge in [0.25, 0.3) is 11.8 Å². The lowest BCUT2D eigenvalue weighted by Crippen LogP contribution is -2.34. The molecule has 0 heterocycles. The highest BCUT2D eigenvalue weighted by Gasteiger charge is 2.15. The molecule has 190 valence electrons. The van der Waals surface area contributed by atoms with Crippen LogP contribution in [-0.2, 0) is 11.2 Å². The molecule has 0 aliphatic heterocycles. The molecular weight excluding hydrogens is 470 g/mol. The van der Waals surface area contributed by atoms with Gasteiger partial charge in [0, 0.05) is 29.3 Å². The number of anilines is 1. The van der Waals surface area contributed by atoms with Crippen LogP contribution in [0.25, 0.3) is 0 Å². The Bertz CT molecular complexity index is 1190. The first kappa shape index (κ1) is 26.5. The van der Waals surface area contributed by atoms with E-state index < -0.39 is 12.5 Å². The van der Waals surface area contributed by atoms with Crippen molar-refractivity contribution in [2.45, 2.75) is 32.9 Å². The fourth-order valence-electron chi connectivity index (χ4n) is 3.46. The molecule has 0 fully saturated rings. The number of carbonyl (C=O) groups excluding carboxylic acids is 2. The summed E-state index contributed by atoms with van der Waals surface area (Å²) in [5, 5.41) is 5.49. The molecule has 0 aliphatic rings. The zero-order valence-electron chi connectivity index (χ0n) is 20.2. The first-order valence-electron chi connectivity index (χ1n) is 11.3. The Morgan fingerprint density at radius 2 is 1.64 bits per heavy atom. The summed E-state index contributed by atoms with van der Waals surface area (Å²) in [7, 11) is 1.43. The van der Waals surface area contributed by atoms with Gasteiger partial charge in [0.1, 0.15) is 5.75 Å². The SMILES string of the molecule is COc1cc(C(=O)Nc2ccc(OC(F)F)c(Cc3ccccc3)c2)ccc1OCC(=O)NC(C)C. The topological polar surface area (TPSA) is 85.9 Å². The van der Waals surface area contributed by atoms with Gasteiger partial charge in [0.05, 0.1) is 7.11 Å². The quantitative estimate of drug-likeness (QED) is 0.387. The summed E-state index contributed by atoms with van der Waals surface area (Å²) < 4.78 is 41.3. The van der Waals surface area contributed by atoms with Gasteiger partial charge in [-0.2, -0.15) is 8.78 Å². The van der Waals surface area contributed by atoms with E-state index in [0.717, 1.165) is 5.56 Å². The van der Waals surface area contributed by atoms with E-state index in [1.54, 1.807) is 6.07 Å². The number of hydrogen-bond donors (Lipinski definition) is 2. The van der Waals surface area contributed by atoms with Crippen molar-refractivity contribution in [3.63, 3.8) is 0 Å². The molecule has 0 unspecified atom stereocenters. The summed E-state index contributed by atoms with van der Waals surface area (Å²) in [6, 6.07) is 18.4. The Hall–Kier alpha value is -4.14. The van der Waals surface area contributed by atoms with Gasteiger partial charge >= 0.3 is 6.61 Å². The van der Waals surface area contributed by atoms with Crippen LogP contribution in [0.1, 0.15) is 35.3 Å². The van der Waals surface area contributed by atoms with Gasteiger partial charge < -0.3 is 24.8 Å². The zero-order valence-corrected chi connectivity index (χ0v) is 20.2. The van der Waals surface area contributed by atoms with Gasteiger partial charge in [0.15, 0.2) is 18.1 Å². The molecule has 0 aromatic heterocycles. The fraction of sp³-hybridized carbons (Fsp3) is 0.259. The van der Waals surface area contributed by atoms with E-state index in [1.165, 1.54) is 37.4 Å². The summed E-state index contributed by atoms with van der Waals surface area (Å²) in [4.78, 5) is 24.7. The van der Waals surface area contributed by atoms with E-state index in [0.29, 0.717) is 23.4 Å². The third kappa shape index (κ3) is 7.69. The maximum Gasteiger partial charge on any atom is 0.387 e. The number of carbonyl (C=O) groups is 2. The molecule has 0 saturated heterocycles. The molecule has 9 heteroatoms. The van der Waals surface area contributed by atoms with Crippen LogP contribution in [0.3, 0.4) is 0 Å². The standard InChI is InChI=1S/C27H28F2N2O5/c1-17(2)30-25(32)16-35-23-11-9-19(15-24(23)34-3)26(33)31-21-10-12-22(36-27(28)29)20(14-21)13-18-7-5-4-6-8-18/h4-12,14-15,17,27H,13,16H2,1-3H3,(H,30,32)(H,31,33). The third-order valence-electron chi connectivity index (χ3n) is 5.01. The molecule has 0 spiro atoms. The number of ether oxygens (including phenoxy) is 3. The largest absolute Gasteiger partial charge is 0.493 e. The van der Waals surface area contributed by atoms with Crippen LogP contribution >= 0.6 is 0 Å². The van der Waals surface area contributed by atoms with Crippen molar-refractivity contribution >= 4 is 17.5 Å². The minimum absolute atomic E-state index is 0.0155. The number of benzene rings is 3.